The largest absolute Gasteiger partial charge is 0.493 e. The molecule has 1 amide bonds. The molecule has 1 aliphatic heterocycles. The third-order valence-corrected chi connectivity index (χ3v) is 5.09. The summed E-state index contributed by atoms with van der Waals surface area (Å²) < 4.78 is 1.51. The Morgan fingerprint density at radius 1 is 0.862 bits per heavy atom. The van der Waals surface area contributed by atoms with E-state index in [1.165, 1.54) is 4.68 Å². The van der Waals surface area contributed by atoms with Gasteiger partial charge in [-0.25, -0.2) is 10.1 Å². The smallest absolute Gasteiger partial charge is 0.240 e. The summed E-state index contributed by atoms with van der Waals surface area (Å²) in [7, 11) is 0. The van der Waals surface area contributed by atoms with Crippen LogP contribution in [-0.4, -0.2) is 26.5 Å². The molecule has 6 heteroatoms. The Labute approximate surface area is 167 Å². The maximum atomic E-state index is 11.3. The van der Waals surface area contributed by atoms with Gasteiger partial charge >= 0.3 is 0 Å². The van der Waals surface area contributed by atoms with Crippen LogP contribution in [0.25, 0.3) is 27.7 Å². The van der Waals surface area contributed by atoms with Gasteiger partial charge in [-0.15, -0.1) is 0 Å². The molecule has 5 rings (SSSR count). The van der Waals surface area contributed by atoms with Crippen molar-refractivity contribution >= 4 is 22.4 Å². The molecule has 0 aliphatic carbocycles. The fourth-order valence-corrected chi connectivity index (χ4v) is 3.53. The lowest BCUT2D eigenvalue weighted by Gasteiger charge is -2.12. The lowest BCUT2D eigenvalue weighted by Crippen LogP contribution is -2.25. The maximum Gasteiger partial charge on any atom is 0.240 e. The molecular weight excluding hydrogens is 364 g/mol. The minimum atomic E-state index is -0.0620. The monoisotopic (exact) mass is 382 g/mol. The molecule has 0 saturated heterocycles. The third kappa shape index (κ3) is 3.25. The molecule has 0 atom stereocenters. The van der Waals surface area contributed by atoms with Gasteiger partial charge in [-0.1, -0.05) is 48.5 Å². The first-order valence-electron chi connectivity index (χ1n) is 9.42. The second-order valence-corrected chi connectivity index (χ2v) is 7.00. The van der Waals surface area contributed by atoms with Crippen molar-refractivity contribution in [1.29, 1.82) is 0 Å². The highest BCUT2D eigenvalue weighted by atomic mass is 16.3. The Balaban J connectivity index is 1.46. The van der Waals surface area contributed by atoms with E-state index in [0.717, 1.165) is 33.3 Å². The van der Waals surface area contributed by atoms with E-state index in [-0.39, 0.29) is 11.8 Å². The Hall–Kier alpha value is -3.93. The Kier molecular flexibility index (Phi) is 4.09. The van der Waals surface area contributed by atoms with Gasteiger partial charge in [-0.05, 0) is 34.5 Å². The van der Waals surface area contributed by atoms with Crippen molar-refractivity contribution in [2.75, 3.05) is 0 Å². The topological polar surface area (TPSA) is 79.5 Å². The second-order valence-electron chi connectivity index (χ2n) is 7.00. The molecule has 0 fully saturated rings. The molecule has 2 N–H and O–H groups in total. The van der Waals surface area contributed by atoms with Crippen LogP contribution in [0.3, 0.4) is 0 Å². The third-order valence-electron chi connectivity index (χ3n) is 5.09. The first kappa shape index (κ1) is 17.2. The Morgan fingerprint density at radius 2 is 1.62 bits per heavy atom. The summed E-state index contributed by atoms with van der Waals surface area (Å²) in [5.41, 5.74) is 6.70. The van der Waals surface area contributed by atoms with Gasteiger partial charge in [0, 0.05) is 24.5 Å². The van der Waals surface area contributed by atoms with Gasteiger partial charge in [0.05, 0.1) is 17.1 Å². The fourth-order valence-electron chi connectivity index (χ4n) is 3.53. The first-order valence-corrected chi connectivity index (χ1v) is 9.42. The van der Waals surface area contributed by atoms with Crippen molar-refractivity contribution in [2.45, 2.75) is 12.8 Å². The predicted octanol–water partition coefficient (Wildman–Crippen LogP) is 4.01. The highest BCUT2D eigenvalue weighted by molar-refractivity contribution is 6.04. The summed E-state index contributed by atoms with van der Waals surface area (Å²) in [6.45, 7) is 0. The van der Waals surface area contributed by atoms with Crippen LogP contribution >= 0.6 is 0 Å². The van der Waals surface area contributed by atoms with Crippen LogP contribution in [0.1, 0.15) is 18.4 Å². The number of aromatic nitrogens is 2. The summed E-state index contributed by atoms with van der Waals surface area (Å²) in [6.07, 6.45) is 1.06. The van der Waals surface area contributed by atoms with Crippen LogP contribution in [-0.2, 0) is 4.79 Å². The molecule has 0 radical (unpaired) electrons. The fraction of sp³-hybridized carbons (Fsp3) is 0.0870. The molecule has 0 spiro atoms. The summed E-state index contributed by atoms with van der Waals surface area (Å²) >= 11 is 0. The summed E-state index contributed by atoms with van der Waals surface area (Å²) in [6, 6.07) is 23.5. The van der Waals surface area contributed by atoms with Gasteiger partial charge in [0.2, 0.25) is 11.8 Å². The van der Waals surface area contributed by atoms with Gasteiger partial charge in [0.1, 0.15) is 0 Å². The lowest BCUT2D eigenvalue weighted by atomic mass is 10.0. The van der Waals surface area contributed by atoms with E-state index in [4.69, 9.17) is 0 Å². The predicted molar refractivity (Wildman–Crippen MR) is 112 cm³/mol. The van der Waals surface area contributed by atoms with Crippen LogP contribution < -0.4 is 5.43 Å². The second kappa shape index (κ2) is 6.91. The number of carbonyl (C=O) groups is 1. The van der Waals surface area contributed by atoms with Gasteiger partial charge in [-0.3, -0.25) is 4.79 Å². The molecule has 1 aromatic heterocycles. The molecule has 0 saturated carbocycles. The lowest BCUT2D eigenvalue weighted by molar-refractivity contribution is -0.121. The summed E-state index contributed by atoms with van der Waals surface area (Å²) in [5.74, 6) is 0.0104. The average Bonchev–Trinajstić information content (AvgIpc) is 3.16. The molecule has 3 aromatic carbocycles. The number of hydrogen-bond donors (Lipinski definition) is 2. The van der Waals surface area contributed by atoms with E-state index in [1.807, 2.05) is 42.5 Å². The number of hydrogen-bond acceptors (Lipinski definition) is 4. The number of nitrogens with zero attached hydrogens (tertiary/aromatic N) is 3. The summed E-state index contributed by atoms with van der Waals surface area (Å²) in [4.78, 5) is 11.3. The minimum absolute atomic E-state index is 0.0620. The quantitative estimate of drug-likeness (QED) is 0.562. The van der Waals surface area contributed by atoms with E-state index >= 15 is 0 Å². The minimum Gasteiger partial charge on any atom is -0.493 e. The van der Waals surface area contributed by atoms with Crippen molar-refractivity contribution < 1.29 is 9.90 Å². The van der Waals surface area contributed by atoms with Crippen LogP contribution in [0.2, 0.25) is 0 Å². The highest BCUT2D eigenvalue weighted by Crippen LogP contribution is 2.28. The van der Waals surface area contributed by atoms with Gasteiger partial charge in [-0.2, -0.15) is 10.2 Å². The number of fused-ring (bicyclic) bond motifs is 1. The summed E-state index contributed by atoms with van der Waals surface area (Å²) in [5, 5.41) is 21.4. The number of amides is 1. The van der Waals surface area contributed by atoms with Crippen LogP contribution in [0.4, 0.5) is 0 Å². The van der Waals surface area contributed by atoms with Crippen molar-refractivity contribution in [3.8, 4) is 22.8 Å². The SMILES string of the molecule is O=C1CCC(c2ccc(-n3nc(-c4ccc5ccccc5c4)cc3O)cc2)=NN1. The molecule has 6 nitrogen and oxygen atoms in total. The number of aromatic hydroxyl groups is 1. The number of rotatable bonds is 3. The number of hydrazone groups is 1. The van der Waals surface area contributed by atoms with Crippen molar-refractivity contribution in [1.82, 2.24) is 15.2 Å². The van der Waals surface area contributed by atoms with E-state index < -0.39 is 0 Å². The van der Waals surface area contributed by atoms with E-state index in [1.54, 1.807) is 6.07 Å². The maximum absolute atomic E-state index is 11.3. The van der Waals surface area contributed by atoms with Gasteiger partial charge < -0.3 is 5.11 Å². The first-order chi connectivity index (χ1) is 14.2. The zero-order valence-corrected chi connectivity index (χ0v) is 15.5. The molecule has 29 heavy (non-hydrogen) atoms. The number of nitrogens with one attached hydrogen (secondary N) is 1. The molecule has 142 valence electrons. The zero-order valence-electron chi connectivity index (χ0n) is 15.5. The van der Waals surface area contributed by atoms with Crippen LogP contribution in [0.5, 0.6) is 5.88 Å². The van der Waals surface area contributed by atoms with Crippen LogP contribution in [0.15, 0.2) is 77.9 Å². The van der Waals surface area contributed by atoms with Gasteiger partial charge in [0.25, 0.3) is 0 Å². The molecule has 0 bridgehead atoms. The van der Waals surface area contributed by atoms with E-state index in [9.17, 15) is 9.90 Å². The average molecular weight is 382 g/mol. The highest BCUT2D eigenvalue weighted by Gasteiger charge is 2.14. The van der Waals surface area contributed by atoms with Crippen molar-refractivity contribution in [3.05, 3.63) is 78.4 Å². The molecule has 2 heterocycles. The Morgan fingerprint density at radius 3 is 2.38 bits per heavy atom. The molecular formula is C23H18N4O2. The van der Waals surface area contributed by atoms with Crippen LogP contribution in [0, 0.1) is 0 Å². The number of carbonyl (C=O) groups excluding carboxylic acids is 1. The molecule has 4 aromatic rings. The molecule has 1 aliphatic rings. The standard InChI is InChI=1S/C23H18N4O2/c28-22-12-11-20(24-25-22)16-7-9-19(10-8-16)27-23(29)14-21(26-27)18-6-5-15-3-1-2-4-17(15)13-18/h1-10,13-14,29H,11-12H2,(H,25,28). The van der Waals surface area contributed by atoms with E-state index in [2.05, 4.69) is 39.9 Å². The van der Waals surface area contributed by atoms with Crippen molar-refractivity contribution in [3.63, 3.8) is 0 Å². The number of benzene rings is 3. The normalized spacial score (nSPS) is 13.9. The van der Waals surface area contributed by atoms with E-state index in [0.29, 0.717) is 18.5 Å². The molecule has 0 unspecified atom stereocenters. The Bertz CT molecular complexity index is 1260. The van der Waals surface area contributed by atoms with Gasteiger partial charge in [0.15, 0.2) is 0 Å². The zero-order chi connectivity index (χ0) is 19.8. The van der Waals surface area contributed by atoms with Crippen molar-refractivity contribution in [2.24, 2.45) is 5.10 Å².